The van der Waals surface area contributed by atoms with E-state index in [1.54, 1.807) is 18.3 Å². The number of carboxylic acids is 1. The third kappa shape index (κ3) is 6.50. The molecule has 49 heavy (non-hydrogen) atoms. The molecule has 11 heteroatoms. The minimum Gasteiger partial charge on any atom is -0.481 e. The van der Waals surface area contributed by atoms with Gasteiger partial charge in [-0.2, -0.15) is 5.26 Å². The van der Waals surface area contributed by atoms with Gasteiger partial charge >= 0.3 is 5.97 Å². The van der Waals surface area contributed by atoms with Gasteiger partial charge in [-0.3, -0.25) is 14.6 Å². The number of benzene rings is 3. The van der Waals surface area contributed by atoms with Gasteiger partial charge in [-0.1, -0.05) is 24.3 Å². The quantitative estimate of drug-likeness (QED) is 0.163. The molecule has 2 unspecified atom stereocenters. The Labute approximate surface area is 283 Å². The number of anilines is 2. The fraction of sp³-hybridized carbons (Fsp3) is 0.316. The monoisotopic (exact) mass is 660 g/mol. The molecule has 2 aliphatic rings. The van der Waals surface area contributed by atoms with Gasteiger partial charge in [0.1, 0.15) is 11.6 Å². The van der Waals surface area contributed by atoms with Gasteiger partial charge in [-0.05, 0) is 91.4 Å². The lowest BCUT2D eigenvalue weighted by Crippen LogP contribution is -2.22. The number of carbonyl (C=O) groups is 1. The molecule has 10 nitrogen and oxygen atoms in total. The van der Waals surface area contributed by atoms with Crippen LogP contribution in [0.4, 0.5) is 15.9 Å². The van der Waals surface area contributed by atoms with Crippen molar-refractivity contribution < 1.29 is 23.8 Å². The molecule has 0 amide bonds. The van der Waals surface area contributed by atoms with E-state index < -0.39 is 11.8 Å². The number of rotatable bonds is 9. The molecule has 2 aliphatic heterocycles. The van der Waals surface area contributed by atoms with Crippen molar-refractivity contribution in [2.45, 2.75) is 45.9 Å². The maximum Gasteiger partial charge on any atom is 0.307 e. The van der Waals surface area contributed by atoms with Gasteiger partial charge in [-0.15, -0.1) is 0 Å². The van der Waals surface area contributed by atoms with Crippen molar-refractivity contribution in [1.82, 2.24) is 19.8 Å². The average molecular weight is 661 g/mol. The minimum atomic E-state index is -0.778. The highest BCUT2D eigenvalue weighted by atomic mass is 19.1. The zero-order valence-corrected chi connectivity index (χ0v) is 27.4. The number of oxazole rings is 1. The van der Waals surface area contributed by atoms with Gasteiger partial charge in [0.2, 0.25) is 5.89 Å². The fourth-order valence-corrected chi connectivity index (χ4v) is 7.06. The number of aromatic nitrogens is 2. The molecule has 0 spiro atoms. The third-order valence-corrected chi connectivity index (χ3v) is 9.75. The number of hydrogen-bond donors (Lipinski definition) is 3. The van der Waals surface area contributed by atoms with Crippen LogP contribution in [0.5, 0.6) is 0 Å². The largest absolute Gasteiger partial charge is 0.481 e. The highest BCUT2D eigenvalue weighted by Crippen LogP contribution is 2.37. The highest BCUT2D eigenvalue weighted by Gasteiger charge is 2.28. The molecule has 2 saturated heterocycles. The number of aliphatic carboxylic acids is 1. The van der Waals surface area contributed by atoms with Crippen LogP contribution in [0.1, 0.15) is 40.7 Å². The van der Waals surface area contributed by atoms with Gasteiger partial charge < -0.3 is 19.9 Å². The van der Waals surface area contributed by atoms with Crippen molar-refractivity contribution in [2.75, 3.05) is 31.5 Å². The third-order valence-electron chi connectivity index (χ3n) is 9.75. The van der Waals surface area contributed by atoms with Crippen LogP contribution in [0.25, 0.3) is 33.7 Å². The number of nitriles is 1. The van der Waals surface area contributed by atoms with Gasteiger partial charge in [0, 0.05) is 55.7 Å². The van der Waals surface area contributed by atoms with Crippen LogP contribution < -0.4 is 5.32 Å². The van der Waals surface area contributed by atoms with Crippen molar-refractivity contribution in [1.29, 1.82) is 5.26 Å². The molecular formula is C38H37FN6O4. The van der Waals surface area contributed by atoms with Gasteiger partial charge in [-0.25, -0.2) is 14.4 Å². The number of nitrogens with zero attached hydrogens (tertiary/aromatic N) is 5. The number of aliphatic hydroxyl groups excluding tert-OH is 1. The lowest BCUT2D eigenvalue weighted by atomic mass is 9.93. The maximum absolute atomic E-state index is 15.6. The lowest BCUT2D eigenvalue weighted by Gasteiger charge is -2.18. The molecular weight excluding hydrogens is 623 g/mol. The van der Waals surface area contributed by atoms with Crippen LogP contribution in [0, 0.1) is 36.9 Å². The number of halogens is 1. The van der Waals surface area contributed by atoms with Crippen LogP contribution >= 0.6 is 0 Å². The van der Waals surface area contributed by atoms with E-state index in [1.165, 1.54) is 0 Å². The molecule has 3 N–H and O–H groups in total. The summed E-state index contributed by atoms with van der Waals surface area (Å²) in [7, 11) is 0. The van der Waals surface area contributed by atoms with Crippen molar-refractivity contribution in [3.8, 4) is 28.7 Å². The van der Waals surface area contributed by atoms with E-state index in [4.69, 9.17) is 9.40 Å². The second-order valence-corrected chi connectivity index (χ2v) is 13.1. The summed E-state index contributed by atoms with van der Waals surface area (Å²) in [6, 6.07) is 19.4. The summed E-state index contributed by atoms with van der Waals surface area (Å²) >= 11 is 0. The smallest absolute Gasteiger partial charge is 0.307 e. The second-order valence-electron chi connectivity index (χ2n) is 13.1. The number of pyridine rings is 1. The molecule has 7 rings (SSSR count). The topological polar surface area (TPSA) is 139 Å². The molecule has 0 bridgehead atoms. The van der Waals surface area contributed by atoms with Crippen LogP contribution in [0.2, 0.25) is 0 Å². The Morgan fingerprint density at radius 3 is 2.49 bits per heavy atom. The summed E-state index contributed by atoms with van der Waals surface area (Å²) < 4.78 is 21.8. The fourth-order valence-electron chi connectivity index (χ4n) is 7.06. The van der Waals surface area contributed by atoms with Gasteiger partial charge in [0.05, 0.1) is 17.6 Å². The molecule has 250 valence electrons. The Morgan fingerprint density at radius 2 is 1.76 bits per heavy atom. The normalized spacial score (nSPS) is 18.3. The Hall–Kier alpha value is -5.15. The molecule has 2 fully saturated rings. The van der Waals surface area contributed by atoms with E-state index in [9.17, 15) is 20.3 Å². The standard InChI is InChI=1S/C38H37FN6O4/c1-22-29(30-6-4-8-32(23(30)2)42-36-34(39)25(9-12-41-36)19-45-14-11-28(46)21-45)5-3-7-31(22)37-43-33-16-24(15-27(17-40)35(33)49-37)18-44-13-10-26(20-44)38(47)48/h3-9,12,15-16,26,28,46H,10-11,13-14,18-21H2,1-2H3,(H,41,42)(H,47,48). The highest BCUT2D eigenvalue weighted by molar-refractivity contribution is 5.85. The zero-order valence-electron chi connectivity index (χ0n) is 27.4. The maximum atomic E-state index is 15.6. The first-order valence-electron chi connectivity index (χ1n) is 16.5. The van der Waals surface area contributed by atoms with E-state index >= 15 is 4.39 Å². The first-order valence-corrected chi connectivity index (χ1v) is 16.5. The number of aliphatic hydroxyl groups is 1. The first kappa shape index (κ1) is 32.4. The molecule has 0 aliphatic carbocycles. The summed E-state index contributed by atoms with van der Waals surface area (Å²) in [6.45, 7) is 7.34. The SMILES string of the molecule is Cc1c(Nc2nccc(CN3CCC(O)C3)c2F)cccc1-c1cccc(-c2nc3cc(CN4CCC(C(=O)O)C4)cc(C#N)c3o2)c1C. The predicted molar refractivity (Wildman–Crippen MR) is 183 cm³/mol. The molecule has 0 saturated carbocycles. The van der Waals surface area contributed by atoms with Crippen LogP contribution in [-0.4, -0.2) is 68.2 Å². The van der Waals surface area contributed by atoms with Crippen molar-refractivity contribution in [3.05, 3.63) is 94.4 Å². The number of carboxylic acid groups (broad SMARTS) is 1. The average Bonchev–Trinajstić information content (AvgIpc) is 3.84. The van der Waals surface area contributed by atoms with E-state index in [-0.39, 0.29) is 17.8 Å². The molecule has 4 heterocycles. The summed E-state index contributed by atoms with van der Waals surface area (Å²) in [5.41, 5.74) is 8.04. The van der Waals surface area contributed by atoms with Gasteiger partial charge in [0.25, 0.3) is 0 Å². The molecule has 5 aromatic rings. The summed E-state index contributed by atoms with van der Waals surface area (Å²) in [4.78, 5) is 24.7. The van der Waals surface area contributed by atoms with Crippen LogP contribution in [-0.2, 0) is 17.9 Å². The zero-order chi connectivity index (χ0) is 34.2. The Morgan fingerprint density at radius 1 is 1.02 bits per heavy atom. The van der Waals surface area contributed by atoms with Crippen molar-refractivity contribution >= 4 is 28.6 Å². The molecule has 2 aromatic heterocycles. The van der Waals surface area contributed by atoms with Crippen molar-refractivity contribution in [3.63, 3.8) is 0 Å². The number of hydrogen-bond acceptors (Lipinski definition) is 9. The van der Waals surface area contributed by atoms with Crippen LogP contribution in [0.15, 0.2) is 65.2 Å². The molecule has 2 atom stereocenters. The summed E-state index contributed by atoms with van der Waals surface area (Å²) in [6.07, 6.45) is 2.52. The Bertz CT molecular complexity index is 2110. The number of β-amino-alcohol motifs (C(OH)–C–C–N with tert-alkyl or cyclic N) is 1. The molecule has 0 radical (unpaired) electrons. The van der Waals surface area contributed by atoms with Crippen molar-refractivity contribution in [2.24, 2.45) is 5.92 Å². The van der Waals surface area contributed by atoms with E-state index in [1.807, 2.05) is 61.2 Å². The Balaban J connectivity index is 1.16. The van der Waals surface area contributed by atoms with Crippen LogP contribution in [0.3, 0.4) is 0 Å². The van der Waals surface area contributed by atoms with E-state index in [0.717, 1.165) is 45.6 Å². The lowest BCUT2D eigenvalue weighted by molar-refractivity contribution is -0.141. The minimum absolute atomic E-state index is 0.147. The molecule has 3 aromatic carbocycles. The number of fused-ring (bicyclic) bond motifs is 1. The predicted octanol–water partition coefficient (Wildman–Crippen LogP) is 6.40. The number of likely N-dealkylation sites (tertiary alicyclic amines) is 2. The van der Waals surface area contributed by atoms with E-state index in [2.05, 4.69) is 21.3 Å². The first-order chi connectivity index (χ1) is 23.7. The van der Waals surface area contributed by atoms with Gasteiger partial charge in [0.15, 0.2) is 17.2 Å². The Kier molecular flexibility index (Phi) is 8.86. The summed E-state index contributed by atoms with van der Waals surface area (Å²) in [5, 5.41) is 32.4. The number of nitrogens with one attached hydrogen (secondary N) is 1. The van der Waals surface area contributed by atoms with E-state index in [0.29, 0.717) is 73.7 Å². The summed E-state index contributed by atoms with van der Waals surface area (Å²) in [5.74, 6) is -1.02. The second kappa shape index (κ2) is 13.4.